The minimum atomic E-state index is -4.73. The Morgan fingerprint density at radius 1 is 1.06 bits per heavy atom. The summed E-state index contributed by atoms with van der Waals surface area (Å²) in [7, 11) is -3.86. The van der Waals surface area contributed by atoms with E-state index in [4.69, 9.17) is 5.73 Å². The zero-order valence-electron chi connectivity index (χ0n) is 19.0. The van der Waals surface area contributed by atoms with Crippen molar-refractivity contribution in [1.29, 1.82) is 0 Å². The molecule has 0 saturated carbocycles. The van der Waals surface area contributed by atoms with E-state index in [2.05, 4.69) is 0 Å². The molecule has 1 atom stereocenters. The highest BCUT2D eigenvalue weighted by Gasteiger charge is 2.39. The van der Waals surface area contributed by atoms with Crippen molar-refractivity contribution in [2.75, 3.05) is 42.5 Å². The van der Waals surface area contributed by atoms with Crippen LogP contribution < -0.4 is 15.5 Å². The van der Waals surface area contributed by atoms with E-state index >= 15 is 0 Å². The fourth-order valence-electron chi connectivity index (χ4n) is 4.65. The Hall–Kier alpha value is -2.38. The number of primary amides is 1. The third-order valence-electron chi connectivity index (χ3n) is 6.51. The first-order chi connectivity index (χ1) is 16.4. The highest BCUT2D eigenvalue weighted by molar-refractivity contribution is 7.91. The summed E-state index contributed by atoms with van der Waals surface area (Å²) in [5.41, 5.74) is 4.13. The van der Waals surface area contributed by atoms with Gasteiger partial charge >= 0.3 is 6.18 Å². The number of thiophene rings is 1. The molecule has 2 N–H and O–H groups in total. The van der Waals surface area contributed by atoms with Crippen molar-refractivity contribution < 1.29 is 30.8 Å². The maximum atomic E-state index is 13.5. The largest absolute Gasteiger partial charge is 0.418 e. The van der Waals surface area contributed by atoms with Crippen molar-refractivity contribution in [3.8, 4) is 0 Å². The van der Waals surface area contributed by atoms with Gasteiger partial charge in [0.1, 0.15) is 10.0 Å². The van der Waals surface area contributed by atoms with Gasteiger partial charge in [0.25, 0.3) is 10.0 Å². The van der Waals surface area contributed by atoms with Crippen LogP contribution >= 0.6 is 11.3 Å². The number of anilines is 2. The third kappa shape index (κ3) is 5.26. The Labute approximate surface area is 205 Å². The van der Waals surface area contributed by atoms with E-state index in [-0.39, 0.29) is 41.4 Å². The Bertz CT molecular complexity index is 1190. The maximum absolute atomic E-state index is 13.5. The van der Waals surface area contributed by atoms with E-state index in [1.165, 1.54) is 15.3 Å². The summed E-state index contributed by atoms with van der Waals surface area (Å²) in [6.07, 6.45) is -3.52. The second kappa shape index (κ2) is 9.58. The van der Waals surface area contributed by atoms with Gasteiger partial charge in [0.2, 0.25) is 5.91 Å². The molecule has 2 fully saturated rings. The van der Waals surface area contributed by atoms with Crippen molar-refractivity contribution in [2.45, 2.75) is 36.2 Å². The van der Waals surface area contributed by atoms with Crippen LogP contribution in [0.2, 0.25) is 0 Å². The van der Waals surface area contributed by atoms with E-state index in [1.807, 2.05) is 4.90 Å². The predicted molar refractivity (Wildman–Crippen MR) is 125 cm³/mol. The van der Waals surface area contributed by atoms with E-state index in [9.17, 15) is 30.8 Å². The lowest BCUT2D eigenvalue weighted by Gasteiger charge is -2.40. The molecule has 1 amide bonds. The topological polar surface area (TPSA) is 87.0 Å². The maximum Gasteiger partial charge on any atom is 0.418 e. The number of hydrogen-bond donors (Lipinski definition) is 1. The summed E-state index contributed by atoms with van der Waals surface area (Å²) in [6, 6.07) is 5.19. The summed E-state index contributed by atoms with van der Waals surface area (Å²) in [4.78, 5) is 14.9. The quantitative estimate of drug-likeness (QED) is 0.594. The summed E-state index contributed by atoms with van der Waals surface area (Å²) >= 11 is 1.13. The molecule has 7 nitrogen and oxygen atoms in total. The molecule has 0 radical (unpaired) electrons. The van der Waals surface area contributed by atoms with Gasteiger partial charge in [-0.1, -0.05) is 0 Å². The molecule has 2 aliphatic rings. The predicted octanol–water partition coefficient (Wildman–Crippen LogP) is 3.51. The van der Waals surface area contributed by atoms with Crippen LogP contribution in [0.25, 0.3) is 0 Å². The van der Waals surface area contributed by atoms with Crippen LogP contribution in [-0.2, 0) is 21.0 Å². The number of amides is 1. The number of rotatable bonds is 5. The average Bonchev–Trinajstić information content (AvgIpc) is 3.29. The molecule has 0 unspecified atom stereocenters. The van der Waals surface area contributed by atoms with Crippen molar-refractivity contribution in [2.24, 2.45) is 11.7 Å². The van der Waals surface area contributed by atoms with Crippen LogP contribution in [0.4, 0.5) is 28.3 Å². The SMILES string of the molecule is C[C@@H]1CN(c2ccc(F)cc2C(F)(F)F)CCN1S(=O)(=O)c1ccc(N2CCC(C(N)=O)CC2)s1. The monoisotopic (exact) mass is 534 g/mol. The molecule has 2 aromatic rings. The number of hydrogen-bond acceptors (Lipinski definition) is 6. The third-order valence-corrected chi connectivity index (χ3v) is 10.1. The normalized spacial score (nSPS) is 20.9. The first-order valence-electron chi connectivity index (χ1n) is 11.2. The summed E-state index contributed by atoms with van der Waals surface area (Å²) in [5, 5.41) is 0.777. The molecule has 4 rings (SSSR count). The highest BCUT2D eigenvalue weighted by atomic mass is 32.2. The summed E-state index contributed by atoms with van der Waals surface area (Å²) in [5.74, 6) is -1.48. The van der Waals surface area contributed by atoms with E-state index < -0.39 is 33.6 Å². The van der Waals surface area contributed by atoms with Crippen LogP contribution in [-0.4, -0.2) is 57.4 Å². The van der Waals surface area contributed by atoms with Gasteiger partial charge < -0.3 is 15.5 Å². The van der Waals surface area contributed by atoms with Crippen LogP contribution in [0, 0.1) is 11.7 Å². The first-order valence-corrected chi connectivity index (χ1v) is 13.4. The molecule has 0 aliphatic carbocycles. The second-order valence-corrected chi connectivity index (χ2v) is 12.0. The first kappa shape index (κ1) is 25.7. The van der Waals surface area contributed by atoms with Crippen LogP contribution in [0.3, 0.4) is 0 Å². The molecule has 13 heteroatoms. The molecule has 1 aromatic carbocycles. The minimum Gasteiger partial charge on any atom is -0.369 e. The van der Waals surface area contributed by atoms with Crippen molar-refractivity contribution in [3.05, 3.63) is 41.7 Å². The average molecular weight is 535 g/mol. The molecule has 1 aromatic heterocycles. The van der Waals surface area contributed by atoms with Gasteiger partial charge in [-0.3, -0.25) is 4.79 Å². The molecule has 2 saturated heterocycles. The molecule has 0 bridgehead atoms. The number of nitrogens with two attached hydrogens (primary N) is 1. The smallest absolute Gasteiger partial charge is 0.369 e. The van der Waals surface area contributed by atoms with E-state index in [1.54, 1.807) is 13.0 Å². The molecule has 0 spiro atoms. The van der Waals surface area contributed by atoms with E-state index in [0.29, 0.717) is 32.0 Å². The number of carbonyl (C=O) groups excluding carboxylic acids is 1. The Morgan fingerprint density at radius 3 is 2.34 bits per heavy atom. The number of carbonyl (C=O) groups is 1. The fourth-order valence-corrected chi connectivity index (χ4v) is 7.74. The van der Waals surface area contributed by atoms with Gasteiger partial charge in [0, 0.05) is 50.4 Å². The van der Waals surface area contributed by atoms with Gasteiger partial charge in [-0.15, -0.1) is 11.3 Å². The van der Waals surface area contributed by atoms with Gasteiger partial charge in [0.15, 0.2) is 0 Å². The summed E-state index contributed by atoms with van der Waals surface area (Å²) in [6.45, 7) is 2.91. The van der Waals surface area contributed by atoms with Crippen molar-refractivity contribution in [3.63, 3.8) is 0 Å². The Balaban J connectivity index is 1.48. The molecule has 35 heavy (non-hydrogen) atoms. The number of sulfonamides is 1. The molecule has 192 valence electrons. The number of alkyl halides is 3. The minimum absolute atomic E-state index is 0.00455. The zero-order chi connectivity index (χ0) is 25.5. The number of piperazine rings is 1. The van der Waals surface area contributed by atoms with Gasteiger partial charge in [0.05, 0.1) is 10.6 Å². The molecular weight excluding hydrogens is 508 g/mol. The lowest BCUT2D eigenvalue weighted by molar-refractivity contribution is -0.137. The Kier molecular flexibility index (Phi) is 7.04. The summed E-state index contributed by atoms with van der Waals surface area (Å²) < 4.78 is 82.0. The van der Waals surface area contributed by atoms with Crippen molar-refractivity contribution >= 4 is 38.0 Å². The van der Waals surface area contributed by atoms with Crippen LogP contribution in [0.1, 0.15) is 25.3 Å². The van der Waals surface area contributed by atoms with Crippen molar-refractivity contribution in [1.82, 2.24) is 4.31 Å². The number of halogens is 4. The van der Waals surface area contributed by atoms with Crippen LogP contribution in [0.15, 0.2) is 34.5 Å². The van der Waals surface area contributed by atoms with Gasteiger partial charge in [-0.25, -0.2) is 12.8 Å². The fraction of sp³-hybridized carbons (Fsp3) is 0.500. The number of nitrogens with zero attached hydrogens (tertiary/aromatic N) is 3. The second-order valence-electron chi connectivity index (χ2n) is 8.83. The van der Waals surface area contributed by atoms with Gasteiger partial charge in [-0.05, 0) is 50.1 Å². The van der Waals surface area contributed by atoms with Crippen LogP contribution in [0.5, 0.6) is 0 Å². The molecule has 2 aliphatic heterocycles. The standard InChI is InChI=1S/C22H26F4N4O3S2/c1-14-13-29(18-3-2-16(23)12-17(18)22(24,25)26)10-11-30(14)35(32,33)20-5-4-19(34-20)28-8-6-15(7-9-28)21(27)31/h2-5,12,14-15H,6-11,13H2,1H3,(H2,27,31)/t14-/m1/s1. The number of piperidine rings is 1. The van der Waals surface area contributed by atoms with E-state index in [0.717, 1.165) is 28.5 Å². The lowest BCUT2D eigenvalue weighted by atomic mass is 9.96. The zero-order valence-corrected chi connectivity index (χ0v) is 20.6. The molecular formula is C22H26F4N4O3S2. The molecule has 3 heterocycles. The van der Waals surface area contributed by atoms with Gasteiger partial charge in [-0.2, -0.15) is 17.5 Å². The lowest BCUT2D eigenvalue weighted by Crippen LogP contribution is -2.54. The Morgan fingerprint density at radius 2 is 1.74 bits per heavy atom. The highest BCUT2D eigenvalue weighted by Crippen LogP contribution is 2.39. The number of benzene rings is 1.